The minimum atomic E-state index is 0.0560. The molecule has 2 heterocycles. The third-order valence-corrected chi connectivity index (χ3v) is 4.03. The molecule has 116 valence electrons. The van der Waals surface area contributed by atoms with Crippen molar-refractivity contribution in [3.05, 3.63) is 12.3 Å². The van der Waals surface area contributed by atoms with Crippen molar-refractivity contribution in [3.63, 3.8) is 0 Å². The summed E-state index contributed by atoms with van der Waals surface area (Å²) in [5.74, 6) is 1.83. The van der Waals surface area contributed by atoms with Crippen LogP contribution in [0.2, 0.25) is 0 Å². The molecule has 1 saturated heterocycles. The van der Waals surface area contributed by atoms with Crippen molar-refractivity contribution in [3.8, 4) is 0 Å². The number of hydrogen-bond acceptors (Lipinski definition) is 5. The molecular formula is C15H25N5O. The molecule has 21 heavy (non-hydrogen) atoms. The van der Waals surface area contributed by atoms with Crippen molar-refractivity contribution in [1.29, 1.82) is 0 Å². The minimum Gasteiger partial charge on any atom is -0.373 e. The monoisotopic (exact) mass is 291 g/mol. The average Bonchev–Trinajstić information content (AvgIpc) is 2.56. The first-order chi connectivity index (χ1) is 10.2. The third-order valence-electron chi connectivity index (χ3n) is 4.03. The molecule has 1 aromatic heterocycles. The highest BCUT2D eigenvalue weighted by atomic mass is 16.2. The smallest absolute Gasteiger partial charge is 0.227 e. The van der Waals surface area contributed by atoms with Crippen LogP contribution in [-0.2, 0) is 4.79 Å². The van der Waals surface area contributed by atoms with Crippen LogP contribution in [-0.4, -0.2) is 54.0 Å². The van der Waals surface area contributed by atoms with Crippen molar-refractivity contribution in [2.75, 3.05) is 43.4 Å². The Morgan fingerprint density at radius 3 is 2.90 bits per heavy atom. The fourth-order valence-corrected chi connectivity index (χ4v) is 2.79. The Morgan fingerprint density at radius 1 is 1.48 bits per heavy atom. The molecule has 1 N–H and O–H groups in total. The molecular weight excluding hydrogens is 266 g/mol. The van der Waals surface area contributed by atoms with Crippen molar-refractivity contribution in [2.45, 2.75) is 26.7 Å². The summed E-state index contributed by atoms with van der Waals surface area (Å²) in [6.07, 6.45) is 3.71. The van der Waals surface area contributed by atoms with Gasteiger partial charge in [0.15, 0.2) is 0 Å². The summed E-state index contributed by atoms with van der Waals surface area (Å²) in [7, 11) is 1.84. The normalized spacial score (nSPS) is 18.4. The Bertz CT molecular complexity index is 475. The van der Waals surface area contributed by atoms with E-state index in [-0.39, 0.29) is 11.8 Å². The van der Waals surface area contributed by atoms with Gasteiger partial charge < -0.3 is 15.1 Å². The summed E-state index contributed by atoms with van der Waals surface area (Å²) in [5.41, 5.74) is 0. The van der Waals surface area contributed by atoms with Crippen LogP contribution < -0.4 is 10.2 Å². The van der Waals surface area contributed by atoms with E-state index in [4.69, 9.17) is 0 Å². The number of nitrogens with one attached hydrogen (secondary N) is 1. The summed E-state index contributed by atoms with van der Waals surface area (Å²) in [6, 6.07) is 1.84. The molecule has 1 aliphatic heterocycles. The minimum absolute atomic E-state index is 0.0560. The number of nitrogens with zero attached hydrogens (tertiary/aromatic N) is 4. The number of anilines is 2. The molecule has 1 aromatic rings. The van der Waals surface area contributed by atoms with Crippen LogP contribution >= 0.6 is 0 Å². The maximum Gasteiger partial charge on any atom is 0.227 e. The van der Waals surface area contributed by atoms with Gasteiger partial charge in [0, 0.05) is 39.4 Å². The van der Waals surface area contributed by atoms with Gasteiger partial charge in [-0.3, -0.25) is 4.79 Å². The van der Waals surface area contributed by atoms with Crippen LogP contribution in [0.1, 0.15) is 26.7 Å². The molecule has 1 fully saturated rings. The molecule has 2 rings (SSSR count). The van der Waals surface area contributed by atoms with E-state index in [2.05, 4.69) is 20.2 Å². The van der Waals surface area contributed by atoms with E-state index in [0.29, 0.717) is 12.5 Å². The lowest BCUT2D eigenvalue weighted by molar-refractivity contribution is -0.135. The maximum absolute atomic E-state index is 12.5. The predicted molar refractivity (Wildman–Crippen MR) is 84.4 cm³/mol. The molecule has 0 aliphatic carbocycles. The first-order valence-electron chi connectivity index (χ1n) is 7.74. The van der Waals surface area contributed by atoms with Crippen LogP contribution in [0, 0.1) is 5.92 Å². The Balaban J connectivity index is 2.08. The van der Waals surface area contributed by atoms with Gasteiger partial charge in [-0.2, -0.15) is 4.98 Å². The van der Waals surface area contributed by atoms with Gasteiger partial charge in [0.25, 0.3) is 0 Å². The fourth-order valence-electron chi connectivity index (χ4n) is 2.79. The third kappa shape index (κ3) is 3.62. The zero-order chi connectivity index (χ0) is 15.2. The first kappa shape index (κ1) is 15.5. The molecule has 6 nitrogen and oxygen atoms in total. The van der Waals surface area contributed by atoms with E-state index in [1.54, 1.807) is 6.20 Å². The molecule has 0 bridgehead atoms. The van der Waals surface area contributed by atoms with Crippen LogP contribution in [0.4, 0.5) is 11.8 Å². The van der Waals surface area contributed by atoms with Crippen molar-refractivity contribution >= 4 is 17.7 Å². The molecule has 1 unspecified atom stereocenters. The standard InChI is InChI=1S/C15H25N5O/c1-4-19(5-2)14(21)12-7-6-10-20(11-12)15-17-9-8-13(16-3)18-15/h8-9,12H,4-7,10-11H2,1-3H3,(H,16,17,18). The number of carbonyl (C=O) groups excluding carboxylic acids is 1. The first-order valence-corrected chi connectivity index (χ1v) is 7.74. The SMILES string of the molecule is CCN(CC)C(=O)C1CCCN(c2nccc(NC)n2)C1. The second kappa shape index (κ2) is 7.24. The molecule has 0 aromatic carbocycles. The lowest BCUT2D eigenvalue weighted by Gasteiger charge is -2.34. The predicted octanol–water partition coefficient (Wildman–Crippen LogP) is 1.60. The number of aromatic nitrogens is 2. The average molecular weight is 291 g/mol. The maximum atomic E-state index is 12.5. The topological polar surface area (TPSA) is 61.4 Å². The van der Waals surface area contributed by atoms with Gasteiger partial charge in [0.1, 0.15) is 5.82 Å². The largest absolute Gasteiger partial charge is 0.373 e. The summed E-state index contributed by atoms with van der Waals surface area (Å²) in [5, 5.41) is 3.02. The molecule has 1 amide bonds. The van der Waals surface area contributed by atoms with Crippen molar-refractivity contribution in [1.82, 2.24) is 14.9 Å². The van der Waals surface area contributed by atoms with E-state index in [1.165, 1.54) is 0 Å². The number of carbonyl (C=O) groups is 1. The number of hydrogen-bond donors (Lipinski definition) is 1. The summed E-state index contributed by atoms with van der Waals surface area (Å²) in [4.78, 5) is 25.4. The zero-order valence-corrected chi connectivity index (χ0v) is 13.2. The summed E-state index contributed by atoms with van der Waals surface area (Å²) in [6.45, 7) is 7.23. The van der Waals surface area contributed by atoms with Gasteiger partial charge in [-0.15, -0.1) is 0 Å². The van der Waals surface area contributed by atoms with Crippen LogP contribution in [0.5, 0.6) is 0 Å². The molecule has 6 heteroatoms. The van der Waals surface area contributed by atoms with Crippen molar-refractivity contribution < 1.29 is 4.79 Å². The molecule has 1 aliphatic rings. The Morgan fingerprint density at radius 2 is 2.24 bits per heavy atom. The van der Waals surface area contributed by atoms with E-state index >= 15 is 0 Å². The van der Waals surface area contributed by atoms with Gasteiger partial charge in [0.05, 0.1) is 5.92 Å². The highest BCUT2D eigenvalue weighted by molar-refractivity contribution is 5.79. The highest BCUT2D eigenvalue weighted by Gasteiger charge is 2.29. The van der Waals surface area contributed by atoms with E-state index in [1.807, 2.05) is 31.9 Å². The second-order valence-electron chi connectivity index (χ2n) is 5.29. The quantitative estimate of drug-likeness (QED) is 0.893. The molecule has 0 radical (unpaired) electrons. The number of rotatable bonds is 5. The Kier molecular flexibility index (Phi) is 5.36. The molecule has 0 saturated carbocycles. The van der Waals surface area contributed by atoms with Crippen LogP contribution in [0.3, 0.4) is 0 Å². The lowest BCUT2D eigenvalue weighted by Crippen LogP contribution is -2.45. The van der Waals surface area contributed by atoms with Gasteiger partial charge >= 0.3 is 0 Å². The fraction of sp³-hybridized carbons (Fsp3) is 0.667. The summed E-state index contributed by atoms with van der Waals surface area (Å²) >= 11 is 0. The lowest BCUT2D eigenvalue weighted by atomic mass is 9.96. The van der Waals surface area contributed by atoms with Crippen molar-refractivity contribution in [2.24, 2.45) is 5.92 Å². The van der Waals surface area contributed by atoms with E-state index < -0.39 is 0 Å². The zero-order valence-electron chi connectivity index (χ0n) is 13.2. The molecule has 1 atom stereocenters. The highest BCUT2D eigenvalue weighted by Crippen LogP contribution is 2.22. The van der Waals surface area contributed by atoms with Gasteiger partial charge in [-0.1, -0.05) is 0 Å². The number of piperidine rings is 1. The van der Waals surface area contributed by atoms with Gasteiger partial charge in [-0.25, -0.2) is 4.98 Å². The van der Waals surface area contributed by atoms with E-state index in [0.717, 1.165) is 38.3 Å². The van der Waals surface area contributed by atoms with Crippen LogP contribution in [0.25, 0.3) is 0 Å². The molecule has 0 spiro atoms. The van der Waals surface area contributed by atoms with Crippen LogP contribution in [0.15, 0.2) is 12.3 Å². The van der Waals surface area contributed by atoms with E-state index in [9.17, 15) is 4.79 Å². The van der Waals surface area contributed by atoms with Gasteiger partial charge in [0.2, 0.25) is 11.9 Å². The summed E-state index contributed by atoms with van der Waals surface area (Å²) < 4.78 is 0. The Hall–Kier alpha value is -1.85. The second-order valence-corrected chi connectivity index (χ2v) is 5.29. The number of amides is 1. The Labute approximate surface area is 126 Å². The van der Waals surface area contributed by atoms with Gasteiger partial charge in [-0.05, 0) is 32.8 Å².